The van der Waals surface area contributed by atoms with E-state index in [2.05, 4.69) is 209 Å². The van der Waals surface area contributed by atoms with Crippen LogP contribution in [0.3, 0.4) is 0 Å². The van der Waals surface area contributed by atoms with Gasteiger partial charge in [-0.2, -0.15) is 0 Å². The molecule has 0 N–H and O–H groups in total. The van der Waals surface area contributed by atoms with Gasteiger partial charge in [0, 0.05) is 49.6 Å². The van der Waals surface area contributed by atoms with Crippen LogP contribution in [0.4, 0.5) is 0 Å². The van der Waals surface area contributed by atoms with Crippen molar-refractivity contribution in [3.63, 3.8) is 0 Å². The Morgan fingerprint density at radius 1 is 0.268 bits per heavy atom. The van der Waals surface area contributed by atoms with Gasteiger partial charge in [0.2, 0.25) is 0 Å². The van der Waals surface area contributed by atoms with Crippen molar-refractivity contribution in [3.8, 4) is 56.4 Å². The molecule has 8 aromatic carbocycles. The number of rotatable bonds is 6. The number of hydrogen-bond donors (Lipinski definition) is 0. The van der Waals surface area contributed by atoms with Crippen LogP contribution >= 0.6 is 0 Å². The van der Waals surface area contributed by atoms with Gasteiger partial charge >= 0.3 is 0 Å². The average molecular weight is 715 g/mol. The first-order valence-electron chi connectivity index (χ1n) is 19.0. The van der Waals surface area contributed by atoms with Gasteiger partial charge in [-0.3, -0.25) is 0 Å². The number of aromatic nitrogens is 4. The summed E-state index contributed by atoms with van der Waals surface area (Å²) >= 11 is 0. The largest absolute Gasteiger partial charge is 0.309 e. The lowest BCUT2D eigenvalue weighted by Crippen LogP contribution is -1.98. The molecule has 0 fully saturated rings. The third-order valence-electron chi connectivity index (χ3n) is 11.0. The van der Waals surface area contributed by atoms with E-state index in [9.17, 15) is 0 Å². The molecule has 0 unspecified atom stereocenters. The Hall–Kier alpha value is -7.56. The Morgan fingerprint density at radius 2 is 0.589 bits per heavy atom. The number of hydrogen-bond acceptors (Lipinski definition) is 2. The summed E-state index contributed by atoms with van der Waals surface area (Å²) < 4.78 is 4.68. The maximum atomic E-state index is 5.22. The zero-order valence-corrected chi connectivity index (χ0v) is 30.4. The van der Waals surface area contributed by atoms with Crippen LogP contribution in [0.15, 0.2) is 206 Å². The van der Waals surface area contributed by atoms with Crippen molar-refractivity contribution in [2.45, 2.75) is 0 Å². The van der Waals surface area contributed by atoms with Gasteiger partial charge in [-0.15, -0.1) is 0 Å². The van der Waals surface area contributed by atoms with Gasteiger partial charge in [0.25, 0.3) is 0 Å². The highest BCUT2D eigenvalue weighted by Crippen LogP contribution is 2.35. The van der Waals surface area contributed by atoms with Crippen molar-refractivity contribution in [1.29, 1.82) is 0 Å². The Balaban J connectivity index is 1.02. The minimum absolute atomic E-state index is 0.685. The van der Waals surface area contributed by atoms with E-state index in [1.54, 1.807) is 0 Å². The zero-order valence-electron chi connectivity index (χ0n) is 30.4. The fourth-order valence-electron chi connectivity index (χ4n) is 8.28. The minimum atomic E-state index is 0.685. The molecule has 0 saturated carbocycles. The maximum Gasteiger partial charge on any atom is 0.160 e. The molecule has 0 amide bonds. The molecule has 0 radical (unpaired) electrons. The highest BCUT2D eigenvalue weighted by atomic mass is 15.0. The minimum Gasteiger partial charge on any atom is -0.309 e. The fraction of sp³-hybridized carbons (Fsp3) is 0. The van der Waals surface area contributed by atoms with E-state index in [1.165, 1.54) is 54.7 Å². The Kier molecular flexibility index (Phi) is 7.46. The van der Waals surface area contributed by atoms with Gasteiger partial charge in [-0.05, 0) is 77.9 Å². The lowest BCUT2D eigenvalue weighted by atomic mass is 10.0. The van der Waals surface area contributed by atoms with Crippen molar-refractivity contribution in [2.75, 3.05) is 0 Å². The van der Waals surface area contributed by atoms with Crippen LogP contribution in [0.2, 0.25) is 0 Å². The van der Waals surface area contributed by atoms with E-state index in [0.717, 1.165) is 39.5 Å². The molecule has 4 nitrogen and oxygen atoms in total. The van der Waals surface area contributed by atoms with Gasteiger partial charge in [-0.25, -0.2) is 9.97 Å². The predicted octanol–water partition coefficient (Wildman–Crippen LogP) is 13.3. The summed E-state index contributed by atoms with van der Waals surface area (Å²) in [6.45, 7) is 0. The van der Waals surface area contributed by atoms with Crippen molar-refractivity contribution in [2.24, 2.45) is 0 Å². The van der Waals surface area contributed by atoms with E-state index in [-0.39, 0.29) is 0 Å². The molecule has 0 aliphatic heterocycles. The zero-order chi connectivity index (χ0) is 37.0. The second-order valence-electron chi connectivity index (χ2n) is 14.2. The highest BCUT2D eigenvalue weighted by Gasteiger charge is 2.16. The summed E-state index contributed by atoms with van der Waals surface area (Å²) in [6.07, 6.45) is 0. The van der Waals surface area contributed by atoms with E-state index in [0.29, 0.717) is 5.82 Å². The smallest absolute Gasteiger partial charge is 0.160 e. The number of nitrogens with zero attached hydrogens (tertiary/aromatic N) is 4. The Morgan fingerprint density at radius 3 is 1.02 bits per heavy atom. The molecular formula is C52H34N4. The lowest BCUT2D eigenvalue weighted by Gasteiger charge is -2.12. The molecule has 56 heavy (non-hydrogen) atoms. The van der Waals surface area contributed by atoms with E-state index < -0.39 is 0 Å². The summed E-state index contributed by atoms with van der Waals surface area (Å²) in [7, 11) is 0. The molecule has 0 bridgehead atoms. The molecule has 0 atom stereocenters. The first kappa shape index (κ1) is 31.9. The van der Waals surface area contributed by atoms with Gasteiger partial charge in [-0.1, -0.05) is 140 Å². The third kappa shape index (κ3) is 5.31. The van der Waals surface area contributed by atoms with Gasteiger partial charge in [0.1, 0.15) is 0 Å². The van der Waals surface area contributed by atoms with E-state index in [4.69, 9.17) is 9.97 Å². The van der Waals surface area contributed by atoms with Gasteiger partial charge in [0.05, 0.1) is 33.5 Å². The lowest BCUT2D eigenvalue weighted by molar-refractivity contribution is 1.16. The van der Waals surface area contributed by atoms with E-state index >= 15 is 0 Å². The molecule has 3 aromatic heterocycles. The van der Waals surface area contributed by atoms with Gasteiger partial charge < -0.3 is 9.13 Å². The van der Waals surface area contributed by atoms with Crippen LogP contribution < -0.4 is 0 Å². The maximum absolute atomic E-state index is 5.22. The Labute approximate surface area is 324 Å². The molecule has 3 heterocycles. The van der Waals surface area contributed by atoms with Crippen LogP contribution in [-0.4, -0.2) is 19.1 Å². The number of fused-ring (bicyclic) bond motifs is 6. The second kappa shape index (κ2) is 13.1. The first-order valence-corrected chi connectivity index (χ1v) is 19.0. The average Bonchev–Trinajstić information content (AvgIpc) is 3.80. The van der Waals surface area contributed by atoms with Crippen molar-refractivity contribution >= 4 is 43.6 Å². The molecule has 11 aromatic rings. The number of benzene rings is 8. The van der Waals surface area contributed by atoms with Crippen LogP contribution in [0.5, 0.6) is 0 Å². The van der Waals surface area contributed by atoms with Crippen LogP contribution in [0.25, 0.3) is 100 Å². The molecule has 11 rings (SSSR count). The predicted molar refractivity (Wildman–Crippen MR) is 232 cm³/mol. The standard InChI is InChI=1S/C52H34N4/c1-2-12-35(13-3-1)36-22-24-37(25-23-36)46-34-47(38-26-30-40(31-27-38)55-48-18-8-4-14-42(48)43-15-5-9-19-49(43)55)54-52(53-46)39-28-32-41(33-29-39)56-50-20-10-6-16-44(50)45-17-7-11-21-51(45)56/h1-34H. The number of para-hydroxylation sites is 4. The SMILES string of the molecule is c1ccc(-c2ccc(-c3cc(-c4ccc(-n5c6ccccc6c6ccccc65)cc4)nc(-c4ccc(-n5c6ccccc6c6ccccc65)cc4)n3)cc2)cc1. The third-order valence-corrected chi connectivity index (χ3v) is 11.0. The van der Waals surface area contributed by atoms with Crippen molar-refractivity contribution in [3.05, 3.63) is 206 Å². The van der Waals surface area contributed by atoms with Crippen molar-refractivity contribution in [1.82, 2.24) is 19.1 Å². The van der Waals surface area contributed by atoms with Crippen LogP contribution in [-0.2, 0) is 0 Å². The summed E-state index contributed by atoms with van der Waals surface area (Å²) in [5.41, 5.74) is 14.1. The van der Waals surface area contributed by atoms with Gasteiger partial charge in [0.15, 0.2) is 5.82 Å². The molecule has 0 aliphatic rings. The summed E-state index contributed by atoms with van der Waals surface area (Å²) in [4.78, 5) is 10.4. The second-order valence-corrected chi connectivity index (χ2v) is 14.2. The molecule has 0 aliphatic carbocycles. The molecule has 262 valence electrons. The van der Waals surface area contributed by atoms with Crippen LogP contribution in [0, 0.1) is 0 Å². The fourth-order valence-corrected chi connectivity index (χ4v) is 8.28. The normalized spacial score (nSPS) is 11.6. The quantitative estimate of drug-likeness (QED) is 0.172. The highest BCUT2D eigenvalue weighted by molar-refractivity contribution is 6.10. The molecular weight excluding hydrogens is 681 g/mol. The Bertz CT molecular complexity index is 2930. The van der Waals surface area contributed by atoms with E-state index in [1.807, 2.05) is 6.07 Å². The van der Waals surface area contributed by atoms with Crippen LogP contribution in [0.1, 0.15) is 0 Å². The van der Waals surface area contributed by atoms with Crippen molar-refractivity contribution < 1.29 is 0 Å². The molecule has 0 spiro atoms. The summed E-state index contributed by atoms with van der Waals surface area (Å²) in [6, 6.07) is 73.1. The summed E-state index contributed by atoms with van der Waals surface area (Å²) in [5.74, 6) is 0.685. The topological polar surface area (TPSA) is 35.6 Å². The monoisotopic (exact) mass is 714 g/mol. The molecule has 0 saturated heterocycles. The molecule has 4 heteroatoms. The summed E-state index contributed by atoms with van der Waals surface area (Å²) in [5, 5.41) is 4.99. The first-order chi connectivity index (χ1) is 27.8.